The van der Waals surface area contributed by atoms with Crippen LogP contribution in [0, 0.1) is 23.2 Å². The minimum Gasteiger partial charge on any atom is -0.474 e. The molecule has 46 heavy (non-hydrogen) atoms. The summed E-state index contributed by atoms with van der Waals surface area (Å²) < 4.78 is 33.5. The van der Waals surface area contributed by atoms with E-state index in [0.29, 0.717) is 43.9 Å². The Kier molecular flexibility index (Phi) is 10.2. The normalized spacial score (nSPS) is 25.2. The molecule has 11 nitrogen and oxygen atoms in total. The van der Waals surface area contributed by atoms with Crippen LogP contribution in [0.2, 0.25) is 0 Å². The first-order chi connectivity index (χ1) is 22.1. The van der Waals surface area contributed by atoms with E-state index in [9.17, 15) is 22.8 Å². The number of hydrogen-bond acceptors (Lipinski definition) is 8. The number of aromatic nitrogens is 2. The summed E-state index contributed by atoms with van der Waals surface area (Å²) in [7, 11) is -2.00. The van der Waals surface area contributed by atoms with E-state index in [-0.39, 0.29) is 30.7 Å². The van der Waals surface area contributed by atoms with Crippen LogP contribution in [-0.4, -0.2) is 72.5 Å². The molecule has 1 heterocycles. The van der Waals surface area contributed by atoms with Gasteiger partial charge in [0.2, 0.25) is 33.6 Å². The summed E-state index contributed by atoms with van der Waals surface area (Å²) in [5.74, 6) is -1.90. The summed E-state index contributed by atoms with van der Waals surface area (Å²) in [5.41, 5.74) is -0.257. The lowest BCUT2D eigenvalue weighted by atomic mass is 9.93. The number of amides is 3. The van der Waals surface area contributed by atoms with Crippen molar-refractivity contribution >= 4 is 27.7 Å². The van der Waals surface area contributed by atoms with E-state index < -0.39 is 44.5 Å². The Bertz CT molecular complexity index is 1560. The van der Waals surface area contributed by atoms with Crippen molar-refractivity contribution < 1.29 is 27.5 Å². The van der Waals surface area contributed by atoms with Crippen LogP contribution in [0.1, 0.15) is 51.4 Å². The number of carbonyl (C=O) groups is 3. The molecule has 3 amide bonds. The summed E-state index contributed by atoms with van der Waals surface area (Å²) in [4.78, 5) is 51.2. The van der Waals surface area contributed by atoms with Crippen molar-refractivity contribution in [3.8, 4) is 17.3 Å². The zero-order valence-electron chi connectivity index (χ0n) is 26.3. The number of nitrogens with one attached hydrogen (secondary N) is 2. The Balaban J connectivity index is 1.29. The van der Waals surface area contributed by atoms with E-state index in [1.165, 1.54) is 0 Å². The Morgan fingerprint density at radius 3 is 2.50 bits per heavy atom. The summed E-state index contributed by atoms with van der Waals surface area (Å²) in [6.45, 7) is 8.04. The molecule has 5 atom stereocenters. The van der Waals surface area contributed by atoms with Gasteiger partial charge in [0.05, 0.1) is 22.5 Å². The maximum atomic E-state index is 13.8. The van der Waals surface area contributed by atoms with Crippen LogP contribution in [-0.2, 0) is 24.4 Å². The molecule has 3 aliphatic rings. The van der Waals surface area contributed by atoms with Gasteiger partial charge in [-0.1, -0.05) is 42.5 Å². The Labute approximate surface area is 271 Å². The fourth-order valence-corrected chi connectivity index (χ4v) is 7.63. The van der Waals surface area contributed by atoms with E-state index in [1.54, 1.807) is 30.3 Å². The van der Waals surface area contributed by atoms with E-state index in [1.807, 2.05) is 36.4 Å². The molecule has 0 aliphatic heterocycles. The van der Waals surface area contributed by atoms with Crippen molar-refractivity contribution in [1.82, 2.24) is 24.9 Å². The van der Waals surface area contributed by atoms with Crippen LogP contribution >= 0.6 is 0 Å². The maximum Gasteiger partial charge on any atom is 0.242 e. The fraction of sp³-hybridized carbons (Fsp3) is 0.500. The van der Waals surface area contributed by atoms with Gasteiger partial charge >= 0.3 is 0 Å². The highest BCUT2D eigenvalue weighted by Crippen LogP contribution is 2.53. The second-order valence-corrected chi connectivity index (χ2v) is 14.6. The molecule has 0 spiro atoms. The van der Waals surface area contributed by atoms with Gasteiger partial charge < -0.3 is 15.0 Å². The second-order valence-electron chi connectivity index (χ2n) is 12.6. The van der Waals surface area contributed by atoms with Gasteiger partial charge in [-0.15, -0.1) is 13.2 Å². The number of sulfonamides is 1. The van der Waals surface area contributed by atoms with E-state index in [4.69, 9.17) is 4.74 Å². The molecule has 1 aromatic heterocycles. The largest absolute Gasteiger partial charge is 0.474 e. The monoisotopic (exact) mass is 649 g/mol. The van der Waals surface area contributed by atoms with Crippen LogP contribution < -0.4 is 14.8 Å². The zero-order chi connectivity index (χ0) is 32.9. The number of unbranched alkanes of at least 4 members (excludes halogenated alkanes) is 2. The van der Waals surface area contributed by atoms with Crippen LogP contribution in [0.15, 0.2) is 67.9 Å². The highest BCUT2D eigenvalue weighted by molar-refractivity contribution is 7.90. The van der Waals surface area contributed by atoms with Gasteiger partial charge in [-0.2, -0.15) is 4.98 Å². The molecular formula is C34H43N5O6S. The molecule has 12 heteroatoms. The zero-order valence-corrected chi connectivity index (χ0v) is 27.1. The van der Waals surface area contributed by atoms with E-state index in [0.717, 1.165) is 24.8 Å². The van der Waals surface area contributed by atoms with Gasteiger partial charge in [0.1, 0.15) is 6.10 Å². The lowest BCUT2D eigenvalue weighted by Crippen LogP contribution is -2.47. The molecule has 3 fully saturated rings. The number of carbonyl (C=O) groups excluding carboxylic acids is 3. The minimum absolute atomic E-state index is 0.0544. The Morgan fingerprint density at radius 2 is 1.83 bits per heavy atom. The third-order valence-electron chi connectivity index (χ3n) is 9.30. The van der Waals surface area contributed by atoms with Crippen molar-refractivity contribution in [2.45, 2.75) is 62.7 Å². The van der Waals surface area contributed by atoms with Crippen LogP contribution in [0.4, 0.5) is 0 Å². The Morgan fingerprint density at radius 1 is 1.09 bits per heavy atom. The molecule has 5 rings (SSSR count). The Hall–Kier alpha value is -4.06. The average Bonchev–Trinajstić information content (AvgIpc) is 3.98. The molecule has 3 aliphatic carbocycles. The van der Waals surface area contributed by atoms with Gasteiger partial charge in [-0.3, -0.25) is 19.1 Å². The first-order valence-corrected chi connectivity index (χ1v) is 17.5. The molecule has 2 aromatic rings. The molecule has 2 N–H and O–H groups in total. The predicted molar refractivity (Wildman–Crippen MR) is 174 cm³/mol. The van der Waals surface area contributed by atoms with Crippen molar-refractivity contribution in [1.29, 1.82) is 0 Å². The third-order valence-corrected chi connectivity index (χ3v) is 11.1. The maximum absolute atomic E-state index is 13.8. The van der Waals surface area contributed by atoms with Gasteiger partial charge in [-0.25, -0.2) is 13.4 Å². The fourth-order valence-electron chi connectivity index (χ4n) is 6.24. The smallest absolute Gasteiger partial charge is 0.242 e. The first-order valence-electron chi connectivity index (χ1n) is 15.9. The number of rotatable bonds is 16. The molecule has 246 valence electrons. The van der Waals surface area contributed by atoms with Crippen LogP contribution in [0.3, 0.4) is 0 Å². The SMILES string of the molecule is C=CCCCCN(C)C(=O)[C@@H]1C[C@H](Oc2ccnc(-c3ccccc3)n2)C[C@H]1C(=O)NC[C@]1(C(=O)NS(=O)(=O)C2CC2)C[C@H]1C=C. The third kappa shape index (κ3) is 7.66. The van der Waals surface area contributed by atoms with Gasteiger partial charge in [-0.05, 0) is 57.3 Å². The number of nitrogens with zero attached hydrogens (tertiary/aromatic N) is 3. The van der Waals surface area contributed by atoms with E-state index >= 15 is 0 Å². The standard InChI is InChI=1S/C34H43N5O6S/c1-4-6-7-11-18-39(3)32(41)28-20-25(45-29-16-17-35-30(37-29)23-12-9-8-10-13-23)19-27(28)31(40)36-22-34(21-24(34)5-2)33(42)38-46(43,44)26-14-15-26/h4-5,8-10,12-13,16-17,24-28H,1-2,6-7,11,14-15,18-22H2,3H3,(H,36,40)(H,38,42)/t24-,25-,27-,28-,34-/m1/s1. The number of ether oxygens (including phenoxy) is 1. The quantitative estimate of drug-likeness (QED) is 0.207. The lowest BCUT2D eigenvalue weighted by molar-refractivity contribution is -0.140. The van der Waals surface area contributed by atoms with Crippen LogP contribution in [0.5, 0.6) is 5.88 Å². The number of hydrogen-bond donors (Lipinski definition) is 2. The summed E-state index contributed by atoms with van der Waals surface area (Å²) in [6, 6.07) is 11.2. The average molecular weight is 650 g/mol. The van der Waals surface area contributed by atoms with Crippen molar-refractivity contribution in [3.63, 3.8) is 0 Å². The van der Waals surface area contributed by atoms with Crippen molar-refractivity contribution in [3.05, 3.63) is 67.9 Å². The molecule has 0 saturated heterocycles. The van der Waals surface area contributed by atoms with Crippen molar-refractivity contribution in [2.24, 2.45) is 23.2 Å². The lowest BCUT2D eigenvalue weighted by Gasteiger charge is -2.25. The topological polar surface area (TPSA) is 148 Å². The second kappa shape index (κ2) is 14.1. The molecule has 0 radical (unpaired) electrons. The molecular weight excluding hydrogens is 606 g/mol. The van der Waals surface area contributed by atoms with E-state index in [2.05, 4.69) is 33.2 Å². The highest BCUT2D eigenvalue weighted by atomic mass is 32.2. The van der Waals surface area contributed by atoms with Gasteiger partial charge in [0.25, 0.3) is 0 Å². The number of benzene rings is 1. The van der Waals surface area contributed by atoms with Crippen LogP contribution in [0.25, 0.3) is 11.4 Å². The highest BCUT2D eigenvalue weighted by Gasteiger charge is 2.60. The van der Waals surface area contributed by atoms with Gasteiger partial charge in [0, 0.05) is 38.0 Å². The predicted octanol–water partition coefficient (Wildman–Crippen LogP) is 3.65. The summed E-state index contributed by atoms with van der Waals surface area (Å²) >= 11 is 0. The summed E-state index contributed by atoms with van der Waals surface area (Å²) in [6.07, 6.45) is 9.24. The molecule has 0 unspecified atom stereocenters. The molecule has 1 aromatic carbocycles. The minimum atomic E-state index is -3.74. The number of allylic oxidation sites excluding steroid dienone is 2. The summed E-state index contributed by atoms with van der Waals surface area (Å²) in [5, 5.41) is 2.35. The molecule has 0 bridgehead atoms. The first kappa shape index (κ1) is 33.3. The van der Waals surface area contributed by atoms with Crippen molar-refractivity contribution in [2.75, 3.05) is 20.1 Å². The molecule has 3 saturated carbocycles. The van der Waals surface area contributed by atoms with Gasteiger partial charge in [0.15, 0.2) is 5.82 Å².